The van der Waals surface area contributed by atoms with Gasteiger partial charge in [-0.25, -0.2) is 0 Å². The maximum atomic E-state index is 3.90. The summed E-state index contributed by atoms with van der Waals surface area (Å²) in [5.74, 6) is 0. The first-order valence-electron chi connectivity index (χ1n) is 8.19. The van der Waals surface area contributed by atoms with Crippen molar-refractivity contribution in [3.05, 3.63) is 48.6 Å². The molecule has 0 radical (unpaired) electrons. The lowest BCUT2D eigenvalue weighted by Crippen LogP contribution is -2.31. The van der Waals surface area contributed by atoms with E-state index in [1.807, 2.05) is 6.08 Å². The molecule has 1 rings (SSSR count). The molecule has 0 aliphatic heterocycles. The Labute approximate surface area is 125 Å². The fraction of sp³-hybridized carbons (Fsp3) is 0.579. The normalized spacial score (nSPS) is 13.9. The molecule has 0 unspecified atom stereocenters. The van der Waals surface area contributed by atoms with Crippen LogP contribution in [-0.2, 0) is 0 Å². The predicted octanol–water partition coefficient (Wildman–Crippen LogP) is 5.64. The lowest BCUT2D eigenvalue weighted by molar-refractivity contribution is 0.415. The summed E-state index contributed by atoms with van der Waals surface area (Å²) >= 11 is 0. The molecule has 1 aromatic carbocycles. The molecule has 0 heterocycles. The summed E-state index contributed by atoms with van der Waals surface area (Å²) in [5, 5.41) is 3.75. The van der Waals surface area contributed by atoms with Crippen LogP contribution in [-0.4, -0.2) is 6.04 Å². The quantitative estimate of drug-likeness (QED) is 0.406. The Hall–Kier alpha value is -1.08. The van der Waals surface area contributed by atoms with E-state index < -0.39 is 0 Å². The maximum Gasteiger partial charge on any atom is 0.0294 e. The number of benzene rings is 1. The number of rotatable bonds is 11. The molecular formula is C19H31N. The van der Waals surface area contributed by atoms with E-state index in [0.29, 0.717) is 12.1 Å². The second-order valence-electron chi connectivity index (χ2n) is 5.72. The van der Waals surface area contributed by atoms with E-state index in [1.165, 1.54) is 44.1 Å². The Balaban J connectivity index is 2.36. The third kappa shape index (κ3) is 6.91. The zero-order valence-electron chi connectivity index (χ0n) is 13.3. The van der Waals surface area contributed by atoms with Gasteiger partial charge in [0.2, 0.25) is 0 Å². The van der Waals surface area contributed by atoms with E-state index in [-0.39, 0.29) is 0 Å². The van der Waals surface area contributed by atoms with Gasteiger partial charge in [-0.3, -0.25) is 0 Å². The van der Waals surface area contributed by atoms with E-state index in [9.17, 15) is 0 Å². The van der Waals surface area contributed by atoms with Gasteiger partial charge in [-0.15, -0.1) is 6.58 Å². The molecule has 20 heavy (non-hydrogen) atoms. The molecule has 0 aliphatic carbocycles. The highest BCUT2D eigenvalue weighted by molar-refractivity contribution is 5.18. The van der Waals surface area contributed by atoms with Crippen LogP contribution >= 0.6 is 0 Å². The van der Waals surface area contributed by atoms with Crippen LogP contribution in [0.15, 0.2) is 43.0 Å². The molecule has 1 heteroatoms. The van der Waals surface area contributed by atoms with Gasteiger partial charge in [0, 0.05) is 12.1 Å². The lowest BCUT2D eigenvalue weighted by atomic mass is 10.0. The van der Waals surface area contributed by atoms with Gasteiger partial charge in [0.05, 0.1) is 0 Å². The summed E-state index contributed by atoms with van der Waals surface area (Å²) < 4.78 is 0. The van der Waals surface area contributed by atoms with Crippen LogP contribution in [0, 0.1) is 0 Å². The molecule has 1 aromatic rings. The average Bonchev–Trinajstić information content (AvgIpc) is 2.48. The number of unbranched alkanes of at least 4 members (excludes halogenated alkanes) is 4. The number of hydrogen-bond acceptors (Lipinski definition) is 1. The summed E-state index contributed by atoms with van der Waals surface area (Å²) in [6.07, 6.45) is 11.1. The average molecular weight is 273 g/mol. The van der Waals surface area contributed by atoms with Crippen molar-refractivity contribution in [1.29, 1.82) is 0 Å². The van der Waals surface area contributed by atoms with Gasteiger partial charge in [-0.2, -0.15) is 0 Å². The molecular weight excluding hydrogens is 242 g/mol. The van der Waals surface area contributed by atoms with Crippen molar-refractivity contribution in [3.63, 3.8) is 0 Å². The Kier molecular flexibility index (Phi) is 9.06. The molecule has 0 aliphatic rings. The zero-order chi connectivity index (χ0) is 14.6. The van der Waals surface area contributed by atoms with E-state index in [1.54, 1.807) is 0 Å². The van der Waals surface area contributed by atoms with Crippen molar-refractivity contribution in [1.82, 2.24) is 5.32 Å². The van der Waals surface area contributed by atoms with Crippen LogP contribution in [0.2, 0.25) is 0 Å². The molecule has 0 saturated carbocycles. The largest absolute Gasteiger partial charge is 0.307 e. The van der Waals surface area contributed by atoms with Crippen LogP contribution in [0.5, 0.6) is 0 Å². The molecule has 0 amide bonds. The summed E-state index contributed by atoms with van der Waals surface area (Å²) in [6, 6.07) is 11.7. The van der Waals surface area contributed by atoms with Gasteiger partial charge in [0.1, 0.15) is 0 Å². The van der Waals surface area contributed by atoms with Crippen molar-refractivity contribution in [2.45, 2.75) is 70.9 Å². The van der Waals surface area contributed by atoms with Crippen molar-refractivity contribution in [2.75, 3.05) is 0 Å². The van der Waals surface area contributed by atoms with Gasteiger partial charge < -0.3 is 5.32 Å². The van der Waals surface area contributed by atoms with Crippen LogP contribution in [0.4, 0.5) is 0 Å². The molecule has 1 nitrogen and oxygen atoms in total. The van der Waals surface area contributed by atoms with Crippen molar-refractivity contribution < 1.29 is 0 Å². The van der Waals surface area contributed by atoms with Gasteiger partial charge in [0.25, 0.3) is 0 Å². The third-order valence-electron chi connectivity index (χ3n) is 3.89. The van der Waals surface area contributed by atoms with Gasteiger partial charge in [-0.1, -0.05) is 75.4 Å². The van der Waals surface area contributed by atoms with Crippen LogP contribution in [0.1, 0.15) is 70.4 Å². The summed E-state index contributed by atoms with van der Waals surface area (Å²) in [4.78, 5) is 0. The van der Waals surface area contributed by atoms with Crippen molar-refractivity contribution in [3.8, 4) is 0 Å². The number of nitrogens with one attached hydrogen (secondary N) is 1. The fourth-order valence-electron chi connectivity index (χ4n) is 2.66. The molecule has 0 aromatic heterocycles. The Morgan fingerprint density at radius 1 is 1.10 bits per heavy atom. The van der Waals surface area contributed by atoms with E-state index in [2.05, 4.69) is 56.1 Å². The zero-order valence-corrected chi connectivity index (χ0v) is 13.3. The fourth-order valence-corrected chi connectivity index (χ4v) is 2.66. The van der Waals surface area contributed by atoms with E-state index in [4.69, 9.17) is 0 Å². The second-order valence-corrected chi connectivity index (χ2v) is 5.72. The van der Waals surface area contributed by atoms with E-state index in [0.717, 1.165) is 6.42 Å². The monoisotopic (exact) mass is 273 g/mol. The molecule has 112 valence electrons. The third-order valence-corrected chi connectivity index (χ3v) is 3.89. The minimum Gasteiger partial charge on any atom is -0.307 e. The standard InChI is InChI=1S/C19H31N/c1-4-6-7-8-12-16-19(13-5-2)20-17(3)18-14-10-9-11-15-18/h5,9-11,14-15,17,19-20H,2,4,6-8,12-13,16H2,1,3H3/t17-,19+/m0/s1. The van der Waals surface area contributed by atoms with Crippen LogP contribution in [0.3, 0.4) is 0 Å². The lowest BCUT2D eigenvalue weighted by Gasteiger charge is -2.23. The minimum absolute atomic E-state index is 0.414. The van der Waals surface area contributed by atoms with Crippen LogP contribution < -0.4 is 5.32 Å². The molecule has 1 N–H and O–H groups in total. The molecule has 0 saturated heterocycles. The first-order chi connectivity index (χ1) is 9.77. The first kappa shape index (κ1) is 17.0. The van der Waals surface area contributed by atoms with Crippen molar-refractivity contribution >= 4 is 0 Å². The highest BCUT2D eigenvalue weighted by atomic mass is 14.9. The summed E-state index contributed by atoms with van der Waals surface area (Å²) in [7, 11) is 0. The SMILES string of the molecule is C=CC[C@H](CCCCCCC)N[C@@H](C)c1ccccc1. The Morgan fingerprint density at radius 2 is 1.80 bits per heavy atom. The van der Waals surface area contributed by atoms with Crippen molar-refractivity contribution in [2.24, 2.45) is 0 Å². The predicted molar refractivity (Wildman–Crippen MR) is 90.0 cm³/mol. The number of hydrogen-bond donors (Lipinski definition) is 1. The highest BCUT2D eigenvalue weighted by Crippen LogP contribution is 2.16. The molecule has 0 bridgehead atoms. The Morgan fingerprint density at radius 3 is 2.45 bits per heavy atom. The second kappa shape index (κ2) is 10.7. The Bertz CT molecular complexity index is 344. The highest BCUT2D eigenvalue weighted by Gasteiger charge is 2.11. The molecule has 2 atom stereocenters. The van der Waals surface area contributed by atoms with Crippen LogP contribution in [0.25, 0.3) is 0 Å². The maximum absolute atomic E-state index is 3.90. The van der Waals surface area contributed by atoms with Gasteiger partial charge in [0.15, 0.2) is 0 Å². The smallest absolute Gasteiger partial charge is 0.0294 e. The molecule has 0 fully saturated rings. The van der Waals surface area contributed by atoms with E-state index >= 15 is 0 Å². The van der Waals surface area contributed by atoms with Gasteiger partial charge in [-0.05, 0) is 25.3 Å². The minimum atomic E-state index is 0.414. The van der Waals surface area contributed by atoms with Gasteiger partial charge >= 0.3 is 0 Å². The molecule has 0 spiro atoms. The first-order valence-corrected chi connectivity index (χ1v) is 8.19. The topological polar surface area (TPSA) is 12.0 Å². The summed E-state index contributed by atoms with van der Waals surface area (Å²) in [6.45, 7) is 8.42. The summed E-state index contributed by atoms with van der Waals surface area (Å²) in [5.41, 5.74) is 1.37.